The van der Waals surface area contributed by atoms with E-state index in [1.807, 2.05) is 24.3 Å². The van der Waals surface area contributed by atoms with Gasteiger partial charge in [0.2, 0.25) is 0 Å². The Morgan fingerprint density at radius 3 is 2.76 bits per heavy atom. The predicted molar refractivity (Wildman–Crippen MR) is 70.7 cm³/mol. The lowest BCUT2D eigenvalue weighted by atomic mass is 10.2. The Labute approximate surface area is 107 Å². The number of halogens is 1. The van der Waals surface area contributed by atoms with Crippen molar-refractivity contribution in [3.63, 3.8) is 0 Å². The van der Waals surface area contributed by atoms with Crippen molar-refractivity contribution in [1.29, 1.82) is 0 Å². The van der Waals surface area contributed by atoms with Crippen LogP contribution in [0.15, 0.2) is 47.1 Å². The van der Waals surface area contributed by atoms with Crippen LogP contribution in [0.1, 0.15) is 10.4 Å². The van der Waals surface area contributed by atoms with Gasteiger partial charge in [0.05, 0.1) is 5.56 Å². The second-order valence-electron chi connectivity index (χ2n) is 3.44. The van der Waals surface area contributed by atoms with Crippen LogP contribution >= 0.6 is 15.9 Å². The average molecular weight is 292 g/mol. The molecule has 0 fully saturated rings. The number of benzene rings is 1. The highest BCUT2D eigenvalue weighted by Gasteiger charge is 2.06. The fourth-order valence-electron chi connectivity index (χ4n) is 1.31. The number of nitrogens with one attached hydrogen (secondary N) is 1. The molecule has 1 aromatic carbocycles. The van der Waals surface area contributed by atoms with Gasteiger partial charge in [-0.2, -0.15) is 0 Å². The fraction of sp³-hybridized carbons (Fsp3) is 0. The molecule has 1 aromatic heterocycles. The Bertz CT molecular complexity index is 540. The molecule has 0 saturated heterocycles. The fourth-order valence-corrected chi connectivity index (χ4v) is 1.71. The largest absolute Gasteiger partial charge is 0.384 e. The Morgan fingerprint density at radius 2 is 2.12 bits per heavy atom. The van der Waals surface area contributed by atoms with E-state index in [9.17, 15) is 4.79 Å². The van der Waals surface area contributed by atoms with Gasteiger partial charge in [-0.15, -0.1) is 0 Å². The molecule has 1 heterocycles. The van der Waals surface area contributed by atoms with Gasteiger partial charge in [0.25, 0.3) is 5.91 Å². The van der Waals surface area contributed by atoms with Crippen molar-refractivity contribution in [1.82, 2.24) is 4.98 Å². The summed E-state index contributed by atoms with van der Waals surface area (Å²) < 4.78 is 0.908. The average Bonchev–Trinajstić information content (AvgIpc) is 2.29. The summed E-state index contributed by atoms with van der Waals surface area (Å²) in [6.45, 7) is 0. The van der Waals surface area contributed by atoms with Gasteiger partial charge in [0.15, 0.2) is 0 Å². The summed E-state index contributed by atoms with van der Waals surface area (Å²) in [5.41, 5.74) is 6.65. The number of carbonyl (C=O) groups excluding carboxylic acids is 1. The van der Waals surface area contributed by atoms with Crippen molar-refractivity contribution < 1.29 is 4.79 Å². The van der Waals surface area contributed by atoms with Gasteiger partial charge in [-0.05, 0) is 30.3 Å². The Balaban J connectivity index is 2.14. The summed E-state index contributed by atoms with van der Waals surface area (Å²) in [7, 11) is 0. The van der Waals surface area contributed by atoms with E-state index < -0.39 is 0 Å². The summed E-state index contributed by atoms with van der Waals surface area (Å²) in [5, 5.41) is 2.77. The number of nitrogens with two attached hydrogens (primary N) is 1. The van der Waals surface area contributed by atoms with Crippen molar-refractivity contribution in [2.24, 2.45) is 0 Å². The standard InChI is InChI=1S/C12H10BrN3O/c13-9-2-1-3-10(6-9)16-12(17)8-4-5-11(14)15-7-8/h1-7H,(H2,14,15)(H,16,17). The first-order valence-corrected chi connectivity index (χ1v) is 5.73. The van der Waals surface area contributed by atoms with E-state index in [2.05, 4.69) is 26.2 Å². The molecule has 1 amide bonds. The van der Waals surface area contributed by atoms with Crippen LogP contribution in [0.5, 0.6) is 0 Å². The number of carbonyl (C=O) groups is 1. The van der Waals surface area contributed by atoms with Crippen molar-refractivity contribution >= 4 is 33.3 Å². The number of amides is 1. The van der Waals surface area contributed by atoms with Gasteiger partial charge < -0.3 is 11.1 Å². The van der Waals surface area contributed by atoms with E-state index in [-0.39, 0.29) is 5.91 Å². The number of rotatable bonds is 2. The molecule has 0 unspecified atom stereocenters. The maximum absolute atomic E-state index is 11.8. The Hall–Kier alpha value is -1.88. The van der Waals surface area contributed by atoms with Crippen LogP contribution in [0, 0.1) is 0 Å². The SMILES string of the molecule is Nc1ccc(C(=O)Nc2cccc(Br)c2)cn1. The number of nitrogens with zero attached hydrogens (tertiary/aromatic N) is 1. The zero-order valence-electron chi connectivity index (χ0n) is 8.85. The number of anilines is 2. The number of aromatic nitrogens is 1. The molecule has 0 bridgehead atoms. The number of hydrogen-bond acceptors (Lipinski definition) is 3. The topological polar surface area (TPSA) is 68.0 Å². The smallest absolute Gasteiger partial charge is 0.257 e. The van der Waals surface area contributed by atoms with E-state index in [4.69, 9.17) is 5.73 Å². The Morgan fingerprint density at radius 1 is 1.29 bits per heavy atom. The molecule has 5 heteroatoms. The summed E-state index contributed by atoms with van der Waals surface area (Å²) in [6, 6.07) is 10.6. The predicted octanol–water partition coefficient (Wildman–Crippen LogP) is 2.68. The van der Waals surface area contributed by atoms with Crippen molar-refractivity contribution in [2.45, 2.75) is 0 Å². The molecule has 2 aromatic rings. The molecule has 0 aliphatic carbocycles. The first kappa shape index (κ1) is 11.6. The summed E-state index contributed by atoms with van der Waals surface area (Å²) in [6.07, 6.45) is 1.45. The van der Waals surface area contributed by atoms with Crippen LogP contribution in [-0.4, -0.2) is 10.9 Å². The van der Waals surface area contributed by atoms with Gasteiger partial charge in [-0.25, -0.2) is 4.98 Å². The first-order chi connectivity index (χ1) is 8.15. The van der Waals surface area contributed by atoms with Crippen molar-refractivity contribution in [2.75, 3.05) is 11.1 Å². The van der Waals surface area contributed by atoms with Crippen LogP contribution in [-0.2, 0) is 0 Å². The second kappa shape index (κ2) is 4.97. The maximum atomic E-state index is 11.8. The van der Waals surface area contributed by atoms with E-state index in [1.54, 1.807) is 12.1 Å². The van der Waals surface area contributed by atoms with Crippen molar-refractivity contribution in [3.05, 3.63) is 52.6 Å². The van der Waals surface area contributed by atoms with Crippen LogP contribution in [0.2, 0.25) is 0 Å². The molecule has 0 aliphatic heterocycles. The zero-order chi connectivity index (χ0) is 12.3. The van der Waals surface area contributed by atoms with Crippen LogP contribution in [0.3, 0.4) is 0 Å². The molecule has 0 radical (unpaired) electrons. The molecule has 0 spiro atoms. The monoisotopic (exact) mass is 291 g/mol. The van der Waals surface area contributed by atoms with Crippen LogP contribution < -0.4 is 11.1 Å². The number of hydrogen-bond donors (Lipinski definition) is 2. The van der Waals surface area contributed by atoms with E-state index in [1.165, 1.54) is 6.20 Å². The molecular formula is C12H10BrN3O. The number of nitrogen functional groups attached to an aromatic ring is 1. The minimum Gasteiger partial charge on any atom is -0.384 e. The summed E-state index contributed by atoms with van der Waals surface area (Å²) in [5.74, 6) is 0.180. The molecule has 86 valence electrons. The lowest BCUT2D eigenvalue weighted by Gasteiger charge is -2.05. The molecule has 0 aliphatic rings. The molecule has 0 atom stereocenters. The number of pyridine rings is 1. The molecular weight excluding hydrogens is 282 g/mol. The van der Waals surface area contributed by atoms with Gasteiger partial charge in [0, 0.05) is 16.4 Å². The highest BCUT2D eigenvalue weighted by Crippen LogP contribution is 2.16. The van der Waals surface area contributed by atoms with E-state index in [0.29, 0.717) is 11.4 Å². The zero-order valence-corrected chi connectivity index (χ0v) is 10.4. The molecule has 0 saturated carbocycles. The van der Waals surface area contributed by atoms with Gasteiger partial charge in [-0.3, -0.25) is 4.79 Å². The Kier molecular flexibility index (Phi) is 3.39. The maximum Gasteiger partial charge on any atom is 0.257 e. The molecule has 17 heavy (non-hydrogen) atoms. The highest BCUT2D eigenvalue weighted by molar-refractivity contribution is 9.10. The normalized spacial score (nSPS) is 9.94. The summed E-state index contributed by atoms with van der Waals surface area (Å²) in [4.78, 5) is 15.7. The minimum atomic E-state index is -0.212. The van der Waals surface area contributed by atoms with Gasteiger partial charge in [0.1, 0.15) is 5.82 Å². The third-order valence-electron chi connectivity index (χ3n) is 2.13. The third-order valence-corrected chi connectivity index (χ3v) is 2.62. The van der Waals surface area contributed by atoms with Crippen LogP contribution in [0.25, 0.3) is 0 Å². The first-order valence-electron chi connectivity index (χ1n) is 4.93. The highest BCUT2D eigenvalue weighted by atomic mass is 79.9. The van der Waals surface area contributed by atoms with Crippen molar-refractivity contribution in [3.8, 4) is 0 Å². The lowest BCUT2D eigenvalue weighted by molar-refractivity contribution is 0.102. The second-order valence-corrected chi connectivity index (χ2v) is 4.35. The van der Waals surface area contributed by atoms with E-state index >= 15 is 0 Å². The quantitative estimate of drug-likeness (QED) is 0.894. The third kappa shape index (κ3) is 3.04. The molecule has 3 N–H and O–H groups in total. The van der Waals surface area contributed by atoms with Gasteiger partial charge >= 0.3 is 0 Å². The summed E-state index contributed by atoms with van der Waals surface area (Å²) >= 11 is 3.34. The van der Waals surface area contributed by atoms with E-state index in [0.717, 1.165) is 10.2 Å². The van der Waals surface area contributed by atoms with Gasteiger partial charge in [-0.1, -0.05) is 22.0 Å². The molecule has 2 rings (SSSR count). The lowest BCUT2D eigenvalue weighted by Crippen LogP contribution is -2.12. The minimum absolute atomic E-state index is 0.212. The molecule has 4 nitrogen and oxygen atoms in total. The van der Waals surface area contributed by atoms with Crippen LogP contribution in [0.4, 0.5) is 11.5 Å².